The minimum atomic E-state index is -0.242. The number of carbonyl (C=O) groups is 2. The molecule has 0 saturated heterocycles. The first kappa shape index (κ1) is 19.5. The van der Waals surface area contributed by atoms with Crippen LogP contribution >= 0.6 is 0 Å². The van der Waals surface area contributed by atoms with Crippen LogP contribution in [0.2, 0.25) is 0 Å². The van der Waals surface area contributed by atoms with Crippen LogP contribution in [-0.2, 0) is 20.7 Å². The van der Waals surface area contributed by atoms with Crippen molar-refractivity contribution >= 4 is 11.9 Å². The van der Waals surface area contributed by atoms with Crippen molar-refractivity contribution < 1.29 is 14.3 Å². The Bertz CT molecular complexity index is 547. The first-order valence-corrected chi connectivity index (χ1v) is 9.52. The Morgan fingerprint density at radius 1 is 1.08 bits per heavy atom. The summed E-state index contributed by atoms with van der Waals surface area (Å²) in [5.41, 5.74) is 2.53. The average molecular weight is 345 g/mol. The zero-order valence-corrected chi connectivity index (χ0v) is 15.6. The van der Waals surface area contributed by atoms with Crippen molar-refractivity contribution in [3.8, 4) is 0 Å². The first-order chi connectivity index (χ1) is 12.1. The van der Waals surface area contributed by atoms with E-state index in [0.29, 0.717) is 19.0 Å². The second-order valence-electron chi connectivity index (χ2n) is 7.04. The molecule has 1 saturated carbocycles. The Morgan fingerprint density at radius 3 is 2.40 bits per heavy atom. The van der Waals surface area contributed by atoms with E-state index < -0.39 is 0 Å². The number of carbonyl (C=O) groups excluding carboxylic acids is 2. The standard InChI is InChI=1S/C21H31NO3/c1-17-11-13-18(14-12-17)7-6-10-20(23)22(16-15-21(24)25-2)19-8-4-3-5-9-19/h11-14,19H,3-10,15-16H2,1-2H3. The maximum Gasteiger partial charge on any atom is 0.307 e. The molecule has 25 heavy (non-hydrogen) atoms. The Hall–Kier alpha value is -1.84. The van der Waals surface area contributed by atoms with E-state index >= 15 is 0 Å². The number of hydrogen-bond donors (Lipinski definition) is 0. The van der Waals surface area contributed by atoms with Gasteiger partial charge in [-0.3, -0.25) is 9.59 Å². The third-order valence-electron chi connectivity index (χ3n) is 5.10. The van der Waals surface area contributed by atoms with E-state index in [1.807, 2.05) is 4.90 Å². The van der Waals surface area contributed by atoms with Gasteiger partial charge in [-0.1, -0.05) is 49.1 Å². The number of aryl methyl sites for hydroxylation is 2. The quantitative estimate of drug-likeness (QED) is 0.668. The maximum atomic E-state index is 12.8. The molecule has 1 aliphatic rings. The molecule has 1 aliphatic carbocycles. The molecule has 1 aromatic rings. The second-order valence-corrected chi connectivity index (χ2v) is 7.04. The van der Waals surface area contributed by atoms with E-state index in [2.05, 4.69) is 31.2 Å². The van der Waals surface area contributed by atoms with Gasteiger partial charge in [0.15, 0.2) is 0 Å². The minimum absolute atomic E-state index is 0.183. The lowest BCUT2D eigenvalue weighted by atomic mass is 9.93. The Labute approximate surface area is 151 Å². The predicted molar refractivity (Wildman–Crippen MR) is 99.3 cm³/mol. The number of hydrogen-bond acceptors (Lipinski definition) is 3. The summed E-state index contributed by atoms with van der Waals surface area (Å²) in [5, 5.41) is 0. The predicted octanol–water partition coefficient (Wildman–Crippen LogP) is 4.04. The smallest absolute Gasteiger partial charge is 0.307 e. The lowest BCUT2D eigenvalue weighted by Crippen LogP contribution is -2.42. The topological polar surface area (TPSA) is 46.6 Å². The fourth-order valence-corrected chi connectivity index (χ4v) is 3.56. The molecular formula is C21H31NO3. The molecule has 0 heterocycles. The second kappa shape index (κ2) is 10.2. The minimum Gasteiger partial charge on any atom is -0.469 e. The molecule has 0 atom stereocenters. The van der Waals surface area contributed by atoms with Crippen molar-refractivity contribution in [1.82, 2.24) is 4.90 Å². The SMILES string of the molecule is COC(=O)CCN(C(=O)CCCc1ccc(C)cc1)C1CCCCC1. The molecule has 0 unspecified atom stereocenters. The first-order valence-electron chi connectivity index (χ1n) is 9.52. The number of methoxy groups -OCH3 is 1. The van der Waals surface area contributed by atoms with Crippen LogP contribution in [0.3, 0.4) is 0 Å². The van der Waals surface area contributed by atoms with Crippen LogP contribution in [0.25, 0.3) is 0 Å². The average Bonchev–Trinajstić information content (AvgIpc) is 2.64. The summed E-state index contributed by atoms with van der Waals surface area (Å²) in [6.45, 7) is 2.57. The molecule has 0 N–H and O–H groups in total. The number of benzene rings is 1. The van der Waals surface area contributed by atoms with Gasteiger partial charge in [-0.05, 0) is 38.2 Å². The molecule has 138 valence electrons. The Kier molecular flexibility index (Phi) is 7.96. The van der Waals surface area contributed by atoms with E-state index in [-0.39, 0.29) is 18.3 Å². The number of rotatable bonds is 8. The monoisotopic (exact) mass is 345 g/mol. The van der Waals surface area contributed by atoms with Gasteiger partial charge in [0, 0.05) is 19.0 Å². The Balaban J connectivity index is 1.86. The van der Waals surface area contributed by atoms with Crippen molar-refractivity contribution in [2.24, 2.45) is 0 Å². The molecule has 0 aliphatic heterocycles. The Morgan fingerprint density at radius 2 is 1.76 bits per heavy atom. The highest BCUT2D eigenvalue weighted by Crippen LogP contribution is 2.24. The zero-order valence-electron chi connectivity index (χ0n) is 15.6. The molecule has 1 aromatic carbocycles. The molecule has 0 bridgehead atoms. The van der Waals surface area contributed by atoms with Gasteiger partial charge in [-0.15, -0.1) is 0 Å². The van der Waals surface area contributed by atoms with Gasteiger partial charge in [0.25, 0.3) is 0 Å². The van der Waals surface area contributed by atoms with Crippen molar-refractivity contribution in [3.63, 3.8) is 0 Å². The van der Waals surface area contributed by atoms with E-state index in [1.54, 1.807) is 0 Å². The third-order valence-corrected chi connectivity index (χ3v) is 5.10. The highest BCUT2D eigenvalue weighted by Gasteiger charge is 2.25. The van der Waals surface area contributed by atoms with Crippen molar-refractivity contribution in [2.75, 3.05) is 13.7 Å². The zero-order chi connectivity index (χ0) is 18.1. The normalized spacial score (nSPS) is 15.0. The molecule has 0 aromatic heterocycles. The third kappa shape index (κ3) is 6.52. The van der Waals surface area contributed by atoms with Crippen LogP contribution in [0.4, 0.5) is 0 Å². The van der Waals surface area contributed by atoms with E-state index in [4.69, 9.17) is 4.74 Å². The van der Waals surface area contributed by atoms with Gasteiger partial charge in [-0.25, -0.2) is 0 Å². The van der Waals surface area contributed by atoms with Gasteiger partial charge < -0.3 is 9.64 Å². The van der Waals surface area contributed by atoms with Gasteiger partial charge in [0.2, 0.25) is 5.91 Å². The molecule has 0 spiro atoms. The summed E-state index contributed by atoms with van der Waals surface area (Å²) in [6, 6.07) is 8.79. The largest absolute Gasteiger partial charge is 0.469 e. The van der Waals surface area contributed by atoms with Crippen LogP contribution in [0, 0.1) is 6.92 Å². The van der Waals surface area contributed by atoms with Crippen LogP contribution in [0.1, 0.15) is 62.5 Å². The summed E-state index contributed by atoms with van der Waals surface area (Å²) in [4.78, 5) is 26.2. The number of nitrogens with zero attached hydrogens (tertiary/aromatic N) is 1. The molecule has 0 radical (unpaired) electrons. The van der Waals surface area contributed by atoms with Gasteiger partial charge in [0.05, 0.1) is 13.5 Å². The van der Waals surface area contributed by atoms with Gasteiger partial charge >= 0.3 is 5.97 Å². The molecule has 4 heteroatoms. The van der Waals surface area contributed by atoms with Crippen molar-refractivity contribution in [2.45, 2.75) is 70.8 Å². The molecule has 2 rings (SSSR count). The van der Waals surface area contributed by atoms with E-state index in [0.717, 1.165) is 25.7 Å². The summed E-state index contributed by atoms with van der Waals surface area (Å²) in [6.07, 6.45) is 8.33. The summed E-state index contributed by atoms with van der Waals surface area (Å²) in [5.74, 6) is -0.0591. The van der Waals surface area contributed by atoms with Crippen LogP contribution in [0.5, 0.6) is 0 Å². The van der Waals surface area contributed by atoms with Crippen LogP contribution in [-0.4, -0.2) is 36.5 Å². The van der Waals surface area contributed by atoms with Crippen molar-refractivity contribution in [1.29, 1.82) is 0 Å². The van der Waals surface area contributed by atoms with Gasteiger partial charge in [0.1, 0.15) is 0 Å². The summed E-state index contributed by atoms with van der Waals surface area (Å²) in [7, 11) is 1.40. The highest BCUT2D eigenvalue weighted by atomic mass is 16.5. The van der Waals surface area contributed by atoms with Gasteiger partial charge in [-0.2, -0.15) is 0 Å². The fraction of sp³-hybridized carbons (Fsp3) is 0.619. The number of ether oxygens (including phenoxy) is 1. The molecule has 1 fully saturated rings. The molecule has 1 amide bonds. The van der Waals surface area contributed by atoms with Crippen molar-refractivity contribution in [3.05, 3.63) is 35.4 Å². The lowest BCUT2D eigenvalue weighted by Gasteiger charge is -2.34. The van der Waals surface area contributed by atoms with Crippen LogP contribution < -0.4 is 0 Å². The van der Waals surface area contributed by atoms with E-state index in [9.17, 15) is 9.59 Å². The number of amides is 1. The molecule has 4 nitrogen and oxygen atoms in total. The number of esters is 1. The van der Waals surface area contributed by atoms with E-state index in [1.165, 1.54) is 37.5 Å². The molecular weight excluding hydrogens is 314 g/mol. The summed E-state index contributed by atoms with van der Waals surface area (Å²) < 4.78 is 4.74. The maximum absolute atomic E-state index is 12.8. The summed E-state index contributed by atoms with van der Waals surface area (Å²) >= 11 is 0. The fourth-order valence-electron chi connectivity index (χ4n) is 3.56. The lowest BCUT2D eigenvalue weighted by molar-refractivity contribution is -0.142. The highest BCUT2D eigenvalue weighted by molar-refractivity contribution is 5.77. The van der Waals surface area contributed by atoms with Crippen LogP contribution in [0.15, 0.2) is 24.3 Å².